The van der Waals surface area contributed by atoms with Gasteiger partial charge in [0.1, 0.15) is 0 Å². The van der Waals surface area contributed by atoms with E-state index >= 15 is 0 Å². The Hall–Kier alpha value is -2.38. The van der Waals surface area contributed by atoms with Gasteiger partial charge in [0.15, 0.2) is 23.3 Å². The second-order valence-electron chi connectivity index (χ2n) is 2.76. The molecule has 6 nitrogen and oxygen atoms in total. The highest BCUT2D eigenvalue weighted by Gasteiger charge is 2.09. The fourth-order valence-corrected chi connectivity index (χ4v) is 0.906. The molecule has 0 bridgehead atoms. The average Bonchev–Trinajstić information content (AvgIpc) is 2.12. The van der Waals surface area contributed by atoms with Crippen molar-refractivity contribution < 1.29 is 13.9 Å². The van der Waals surface area contributed by atoms with Crippen LogP contribution in [0.15, 0.2) is 22.1 Å². The lowest BCUT2D eigenvalue weighted by Crippen LogP contribution is -2.26. The van der Waals surface area contributed by atoms with Crippen molar-refractivity contribution in [3.63, 3.8) is 0 Å². The van der Waals surface area contributed by atoms with Gasteiger partial charge in [0.2, 0.25) is 5.96 Å². The minimum Gasteiger partial charge on any atom is -0.503 e. The van der Waals surface area contributed by atoms with Gasteiger partial charge in [-0.2, -0.15) is 4.99 Å². The van der Waals surface area contributed by atoms with Gasteiger partial charge in [0, 0.05) is 12.1 Å². The Kier molecular flexibility index (Phi) is 3.24. The second kappa shape index (κ2) is 4.43. The van der Waals surface area contributed by atoms with E-state index in [2.05, 4.69) is 9.98 Å². The fraction of sp³-hybridized carbons (Fsp3) is 0. The fourth-order valence-electron chi connectivity index (χ4n) is 0.906. The van der Waals surface area contributed by atoms with Crippen molar-refractivity contribution in [2.75, 3.05) is 0 Å². The number of hydrogen-bond donors (Lipinski definition) is 4. The number of phenols is 1. The molecule has 0 saturated heterocycles. The van der Waals surface area contributed by atoms with Crippen LogP contribution in [-0.4, -0.2) is 17.0 Å². The third-order valence-electron chi connectivity index (χ3n) is 1.49. The predicted octanol–water partition coefficient (Wildman–Crippen LogP) is -0.110. The van der Waals surface area contributed by atoms with Gasteiger partial charge in [0.05, 0.1) is 5.69 Å². The van der Waals surface area contributed by atoms with Crippen LogP contribution >= 0.6 is 0 Å². The molecule has 0 saturated carbocycles. The summed E-state index contributed by atoms with van der Waals surface area (Å²) in [6.45, 7) is 0. The first kappa shape index (κ1) is 11.7. The molecule has 0 aromatic heterocycles. The molecule has 0 atom stereocenters. The summed E-state index contributed by atoms with van der Waals surface area (Å²) in [5.41, 5.74) is 15.1. The molecule has 7 N–H and O–H groups in total. The van der Waals surface area contributed by atoms with Crippen LogP contribution in [0.1, 0.15) is 0 Å². The minimum atomic E-state index is -1.16. The highest BCUT2D eigenvalue weighted by Crippen LogP contribution is 2.25. The van der Waals surface area contributed by atoms with Gasteiger partial charge in [-0.25, -0.2) is 13.8 Å². The van der Waals surface area contributed by atoms with Crippen molar-refractivity contribution in [1.82, 2.24) is 0 Å². The lowest BCUT2D eigenvalue weighted by Gasteiger charge is -2.00. The first-order valence-electron chi connectivity index (χ1n) is 4.02. The molecule has 86 valence electrons. The molecule has 0 aliphatic heterocycles. The zero-order valence-electron chi connectivity index (χ0n) is 7.98. The molecule has 1 aromatic carbocycles. The maximum absolute atomic E-state index is 12.9. The van der Waals surface area contributed by atoms with Crippen molar-refractivity contribution in [1.29, 1.82) is 0 Å². The van der Waals surface area contributed by atoms with Gasteiger partial charge < -0.3 is 22.3 Å². The zero-order valence-corrected chi connectivity index (χ0v) is 7.98. The predicted molar refractivity (Wildman–Crippen MR) is 55.1 cm³/mol. The number of nitrogens with zero attached hydrogens (tertiary/aromatic N) is 2. The summed E-state index contributed by atoms with van der Waals surface area (Å²) >= 11 is 0. The summed E-state index contributed by atoms with van der Waals surface area (Å²) < 4.78 is 25.7. The van der Waals surface area contributed by atoms with Crippen molar-refractivity contribution in [2.45, 2.75) is 0 Å². The topological polar surface area (TPSA) is 123 Å². The van der Waals surface area contributed by atoms with Crippen molar-refractivity contribution in [3.8, 4) is 5.75 Å². The van der Waals surface area contributed by atoms with E-state index in [1.807, 2.05) is 0 Å². The molecule has 0 spiro atoms. The number of aromatic hydroxyl groups is 1. The summed E-state index contributed by atoms with van der Waals surface area (Å²) in [6, 6.07) is 1.57. The Balaban J connectivity index is 3.12. The molecule has 8 heteroatoms. The van der Waals surface area contributed by atoms with Crippen LogP contribution in [0.2, 0.25) is 0 Å². The quantitative estimate of drug-likeness (QED) is 0.396. The van der Waals surface area contributed by atoms with Gasteiger partial charge in [0.25, 0.3) is 0 Å². The minimum absolute atomic E-state index is 0.157. The number of guanidine groups is 2. The van der Waals surface area contributed by atoms with Crippen LogP contribution in [0, 0.1) is 11.6 Å². The van der Waals surface area contributed by atoms with Gasteiger partial charge in [-0.1, -0.05) is 0 Å². The highest BCUT2D eigenvalue weighted by molar-refractivity contribution is 5.93. The number of hydrogen-bond acceptors (Lipinski definition) is 2. The van der Waals surface area contributed by atoms with Gasteiger partial charge >= 0.3 is 0 Å². The van der Waals surface area contributed by atoms with E-state index in [4.69, 9.17) is 22.3 Å². The van der Waals surface area contributed by atoms with E-state index in [0.29, 0.717) is 0 Å². The normalized spacial score (nSPS) is 11.2. The van der Waals surface area contributed by atoms with E-state index in [9.17, 15) is 8.78 Å². The second-order valence-corrected chi connectivity index (χ2v) is 2.76. The Morgan fingerprint density at radius 2 is 1.62 bits per heavy atom. The van der Waals surface area contributed by atoms with Crippen LogP contribution in [0.3, 0.4) is 0 Å². The smallest absolute Gasteiger partial charge is 0.223 e. The van der Waals surface area contributed by atoms with Crippen molar-refractivity contribution >= 4 is 17.6 Å². The number of halogens is 2. The Morgan fingerprint density at radius 3 is 2.06 bits per heavy atom. The Bertz CT molecular complexity index is 444. The summed E-state index contributed by atoms with van der Waals surface area (Å²) in [4.78, 5) is 6.86. The summed E-state index contributed by atoms with van der Waals surface area (Å²) in [7, 11) is 0. The van der Waals surface area contributed by atoms with Crippen molar-refractivity contribution in [3.05, 3.63) is 23.8 Å². The highest BCUT2D eigenvalue weighted by atomic mass is 19.1. The maximum Gasteiger partial charge on any atom is 0.223 e. The Labute approximate surface area is 89.1 Å². The summed E-state index contributed by atoms with van der Waals surface area (Å²) in [5, 5.41) is 8.81. The summed E-state index contributed by atoms with van der Waals surface area (Å²) in [6.07, 6.45) is 0. The van der Waals surface area contributed by atoms with E-state index in [1.165, 1.54) is 0 Å². The molecule has 16 heavy (non-hydrogen) atoms. The molecule has 0 aliphatic rings. The van der Waals surface area contributed by atoms with Crippen LogP contribution in [-0.2, 0) is 0 Å². The van der Waals surface area contributed by atoms with Crippen LogP contribution in [0.5, 0.6) is 5.75 Å². The van der Waals surface area contributed by atoms with Gasteiger partial charge in [-0.3, -0.25) is 0 Å². The molecule has 0 unspecified atom stereocenters. The van der Waals surface area contributed by atoms with Crippen LogP contribution < -0.4 is 17.2 Å². The molecule has 1 rings (SSSR count). The monoisotopic (exact) mass is 229 g/mol. The number of benzene rings is 1. The SMILES string of the molecule is NC(N)=NC(N)=Nc1cc(F)c(O)c(F)c1. The van der Waals surface area contributed by atoms with Crippen LogP contribution in [0.25, 0.3) is 0 Å². The third kappa shape index (κ3) is 2.80. The Morgan fingerprint density at radius 1 is 1.12 bits per heavy atom. The molecule has 0 amide bonds. The molecular formula is C8H9F2N5O. The van der Waals surface area contributed by atoms with E-state index < -0.39 is 17.4 Å². The molecule has 0 aliphatic carbocycles. The number of nitrogens with two attached hydrogens (primary N) is 3. The largest absolute Gasteiger partial charge is 0.503 e. The third-order valence-corrected chi connectivity index (χ3v) is 1.49. The maximum atomic E-state index is 12.9. The molecular weight excluding hydrogens is 220 g/mol. The van der Waals surface area contributed by atoms with Gasteiger partial charge in [-0.15, -0.1) is 0 Å². The first-order valence-corrected chi connectivity index (χ1v) is 4.02. The van der Waals surface area contributed by atoms with Crippen molar-refractivity contribution in [2.24, 2.45) is 27.2 Å². The molecule has 1 aromatic rings. The molecule has 0 heterocycles. The first-order chi connectivity index (χ1) is 7.40. The average molecular weight is 229 g/mol. The zero-order chi connectivity index (χ0) is 12.3. The number of rotatable bonds is 1. The van der Waals surface area contributed by atoms with E-state index in [0.717, 1.165) is 12.1 Å². The lowest BCUT2D eigenvalue weighted by molar-refractivity contribution is 0.396. The summed E-state index contributed by atoms with van der Waals surface area (Å²) in [5.74, 6) is -4.09. The lowest BCUT2D eigenvalue weighted by atomic mass is 10.3. The van der Waals surface area contributed by atoms with Crippen LogP contribution in [0.4, 0.5) is 14.5 Å². The molecule has 0 fully saturated rings. The molecule has 0 radical (unpaired) electrons. The van der Waals surface area contributed by atoms with E-state index in [-0.39, 0.29) is 17.6 Å². The standard InChI is InChI=1S/C8H9F2N5O/c9-4-1-3(2-5(10)6(4)16)14-8(13)15-7(11)12/h1-2,16H,(H6,11,12,13,14,15). The van der Waals surface area contributed by atoms with E-state index in [1.54, 1.807) is 0 Å². The van der Waals surface area contributed by atoms with Gasteiger partial charge in [-0.05, 0) is 0 Å². The number of phenolic OH excluding ortho intramolecular Hbond substituents is 1. The number of aliphatic imine (C=N–C) groups is 2.